The zero-order valence-electron chi connectivity index (χ0n) is 16.6. The summed E-state index contributed by atoms with van der Waals surface area (Å²) in [6, 6.07) is 14.5. The van der Waals surface area contributed by atoms with E-state index in [0.29, 0.717) is 28.5 Å². The molecule has 3 rings (SSSR count). The van der Waals surface area contributed by atoms with Gasteiger partial charge in [-0.1, -0.05) is 24.3 Å². The first kappa shape index (κ1) is 23.2. The lowest BCUT2D eigenvalue weighted by atomic mass is 10.1. The summed E-state index contributed by atoms with van der Waals surface area (Å²) in [5, 5.41) is 8.96. The summed E-state index contributed by atoms with van der Waals surface area (Å²) in [6.45, 7) is 4.36. The highest BCUT2D eigenvalue weighted by Gasteiger charge is 2.11. The molecule has 0 fully saturated rings. The Morgan fingerprint density at radius 3 is 2.57 bits per heavy atom. The predicted molar refractivity (Wildman–Crippen MR) is 126 cm³/mol. The summed E-state index contributed by atoms with van der Waals surface area (Å²) in [6.07, 6.45) is 1.78. The number of nitrogens with zero attached hydrogens (tertiary/aromatic N) is 2. The van der Waals surface area contributed by atoms with Gasteiger partial charge < -0.3 is 19.4 Å². The average molecular weight is 491 g/mol. The molecule has 2 amide bonds. The van der Waals surface area contributed by atoms with Crippen LogP contribution in [0.1, 0.15) is 0 Å². The highest BCUT2D eigenvalue weighted by atomic mass is 79.9. The number of thiazole rings is 1. The van der Waals surface area contributed by atoms with E-state index in [0.717, 1.165) is 11.3 Å². The van der Waals surface area contributed by atoms with Crippen molar-refractivity contribution in [3.63, 3.8) is 0 Å². The fourth-order valence-electron chi connectivity index (χ4n) is 2.73. The van der Waals surface area contributed by atoms with Crippen LogP contribution in [-0.2, 0) is 6.54 Å². The number of para-hydroxylation sites is 1. The van der Waals surface area contributed by atoms with E-state index < -0.39 is 6.03 Å². The molecule has 0 atom stereocenters. The van der Waals surface area contributed by atoms with Gasteiger partial charge >= 0.3 is 6.03 Å². The Labute approximate surface area is 189 Å². The van der Waals surface area contributed by atoms with E-state index in [1.54, 1.807) is 32.4 Å². The van der Waals surface area contributed by atoms with E-state index in [1.165, 1.54) is 11.3 Å². The van der Waals surface area contributed by atoms with Gasteiger partial charge in [-0.05, 0) is 30.3 Å². The Kier molecular flexibility index (Phi) is 8.70. The number of allylic oxidation sites excluding steroid dienone is 1. The standard InChI is InChI=1S/C21H22N4O3S.BrH/c1-4-12-25-17(15-10-11-18(27-2)19(13-15)28-3)14-29-21(25)24-23-20(26)22-16-8-6-5-7-9-16;/h4-11,13-14H,1,12H2,2-3H3,(H2,22,23,26);1H/b24-21-;. The lowest BCUT2D eigenvalue weighted by molar-refractivity contribution is 0.252. The zero-order valence-corrected chi connectivity index (χ0v) is 19.2. The minimum absolute atomic E-state index is 0. The van der Waals surface area contributed by atoms with Crippen molar-refractivity contribution in [3.05, 3.63) is 71.4 Å². The molecule has 158 valence electrons. The largest absolute Gasteiger partial charge is 0.493 e. The van der Waals surface area contributed by atoms with Crippen molar-refractivity contribution in [3.8, 4) is 22.8 Å². The number of ether oxygens (including phenoxy) is 2. The highest BCUT2D eigenvalue weighted by Crippen LogP contribution is 2.32. The molecule has 0 saturated heterocycles. The molecule has 0 aliphatic rings. The fraction of sp³-hybridized carbons (Fsp3) is 0.143. The molecule has 7 nitrogen and oxygen atoms in total. The van der Waals surface area contributed by atoms with Crippen LogP contribution >= 0.6 is 28.3 Å². The molecule has 0 unspecified atom stereocenters. The van der Waals surface area contributed by atoms with Gasteiger partial charge in [-0.2, -0.15) is 0 Å². The van der Waals surface area contributed by atoms with Gasteiger partial charge in [-0.25, -0.2) is 10.2 Å². The number of benzene rings is 2. The van der Waals surface area contributed by atoms with E-state index in [2.05, 4.69) is 22.4 Å². The first-order valence-corrected chi connectivity index (χ1v) is 9.71. The van der Waals surface area contributed by atoms with Crippen LogP contribution in [0.3, 0.4) is 0 Å². The number of halogens is 1. The lowest BCUT2D eigenvalue weighted by Gasteiger charge is -2.11. The minimum Gasteiger partial charge on any atom is -0.493 e. The van der Waals surface area contributed by atoms with Gasteiger partial charge in [0, 0.05) is 23.2 Å². The van der Waals surface area contributed by atoms with Crippen LogP contribution < -0.4 is 25.0 Å². The van der Waals surface area contributed by atoms with Crippen LogP contribution in [0.2, 0.25) is 0 Å². The summed E-state index contributed by atoms with van der Waals surface area (Å²) in [5.41, 5.74) is 5.10. The van der Waals surface area contributed by atoms with Crippen LogP contribution in [0.15, 0.2) is 71.7 Å². The Morgan fingerprint density at radius 1 is 1.17 bits per heavy atom. The second-order valence-electron chi connectivity index (χ2n) is 5.92. The summed E-state index contributed by atoms with van der Waals surface area (Å²) < 4.78 is 12.7. The van der Waals surface area contributed by atoms with Crippen molar-refractivity contribution in [2.45, 2.75) is 6.54 Å². The lowest BCUT2D eigenvalue weighted by Crippen LogP contribution is -2.28. The number of hydrogen-bond acceptors (Lipinski definition) is 5. The molecule has 0 bridgehead atoms. The molecule has 0 saturated carbocycles. The Hall–Kier alpha value is -3.04. The molecule has 0 spiro atoms. The number of methoxy groups -OCH3 is 2. The van der Waals surface area contributed by atoms with Gasteiger partial charge in [0.1, 0.15) is 0 Å². The normalized spacial score (nSPS) is 10.7. The summed E-state index contributed by atoms with van der Waals surface area (Å²) in [7, 11) is 3.20. The number of carbonyl (C=O) groups is 1. The third kappa shape index (κ3) is 5.52. The monoisotopic (exact) mass is 490 g/mol. The molecule has 2 N–H and O–H groups in total. The van der Waals surface area contributed by atoms with Crippen molar-refractivity contribution in [2.75, 3.05) is 19.5 Å². The molecular formula is C21H23BrN4O3S. The maximum atomic E-state index is 12.1. The van der Waals surface area contributed by atoms with E-state index in [4.69, 9.17) is 9.47 Å². The smallest absolute Gasteiger partial charge is 0.339 e. The van der Waals surface area contributed by atoms with Gasteiger partial charge in [0.25, 0.3) is 0 Å². The topological polar surface area (TPSA) is 76.9 Å². The maximum absolute atomic E-state index is 12.1. The molecule has 0 aliphatic carbocycles. The van der Waals surface area contributed by atoms with Crippen LogP contribution in [0, 0.1) is 0 Å². The molecule has 0 radical (unpaired) electrons. The van der Waals surface area contributed by atoms with Crippen molar-refractivity contribution in [2.24, 2.45) is 5.10 Å². The summed E-state index contributed by atoms with van der Waals surface area (Å²) >= 11 is 1.42. The quantitative estimate of drug-likeness (QED) is 0.374. The molecule has 1 aromatic heterocycles. The van der Waals surface area contributed by atoms with Crippen LogP contribution in [-0.4, -0.2) is 24.8 Å². The number of amides is 2. The molecule has 3 aromatic rings. The summed E-state index contributed by atoms with van der Waals surface area (Å²) in [4.78, 5) is 12.8. The van der Waals surface area contributed by atoms with Gasteiger partial charge in [-0.3, -0.25) is 0 Å². The van der Waals surface area contributed by atoms with Gasteiger partial charge in [0.05, 0.1) is 19.9 Å². The number of urea groups is 1. The van der Waals surface area contributed by atoms with E-state index in [9.17, 15) is 4.79 Å². The molecule has 0 aliphatic heterocycles. The first-order valence-electron chi connectivity index (χ1n) is 8.83. The number of rotatable bonds is 7. The maximum Gasteiger partial charge on any atom is 0.339 e. The van der Waals surface area contributed by atoms with Crippen molar-refractivity contribution in [1.29, 1.82) is 0 Å². The van der Waals surface area contributed by atoms with Crippen LogP contribution in [0.5, 0.6) is 11.5 Å². The Balaban J connectivity index is 0.00000320. The van der Waals surface area contributed by atoms with E-state index in [-0.39, 0.29) is 17.0 Å². The number of aromatic nitrogens is 1. The number of anilines is 1. The van der Waals surface area contributed by atoms with Gasteiger partial charge in [-0.15, -0.1) is 40.0 Å². The van der Waals surface area contributed by atoms with E-state index in [1.807, 2.05) is 46.3 Å². The average Bonchev–Trinajstić information content (AvgIpc) is 3.15. The fourth-order valence-corrected chi connectivity index (χ4v) is 3.61. The molecule has 30 heavy (non-hydrogen) atoms. The van der Waals surface area contributed by atoms with Crippen molar-refractivity contribution < 1.29 is 14.3 Å². The Morgan fingerprint density at radius 2 is 1.90 bits per heavy atom. The molecule has 9 heteroatoms. The third-order valence-corrected chi connectivity index (χ3v) is 4.94. The number of carbonyl (C=O) groups excluding carboxylic acids is 1. The van der Waals surface area contributed by atoms with Crippen molar-refractivity contribution >= 4 is 40.0 Å². The second-order valence-corrected chi connectivity index (χ2v) is 6.75. The first-order chi connectivity index (χ1) is 14.2. The van der Waals surface area contributed by atoms with E-state index >= 15 is 0 Å². The number of nitrogens with one attached hydrogen (secondary N) is 2. The highest BCUT2D eigenvalue weighted by molar-refractivity contribution is 8.93. The second kappa shape index (κ2) is 11.2. The van der Waals surface area contributed by atoms with Gasteiger partial charge in [0.2, 0.25) is 4.80 Å². The summed E-state index contributed by atoms with van der Waals surface area (Å²) in [5.74, 6) is 1.30. The van der Waals surface area contributed by atoms with Crippen molar-refractivity contribution in [1.82, 2.24) is 9.99 Å². The molecule has 2 aromatic carbocycles. The van der Waals surface area contributed by atoms with Gasteiger partial charge in [0.15, 0.2) is 11.5 Å². The zero-order chi connectivity index (χ0) is 20.6. The predicted octanol–water partition coefficient (Wildman–Crippen LogP) is 4.64. The minimum atomic E-state index is -0.414. The SMILES string of the molecule is Br.C=CCn1c(-c2ccc(OC)c(OC)c2)cs/c1=N\NC(=O)Nc1ccccc1. The molecule has 1 heterocycles. The number of hydrogen-bond donors (Lipinski definition) is 2. The molecular weight excluding hydrogens is 468 g/mol. The van der Waals surface area contributed by atoms with Crippen LogP contribution in [0.25, 0.3) is 11.3 Å². The van der Waals surface area contributed by atoms with Crippen LogP contribution in [0.4, 0.5) is 10.5 Å². The Bertz CT molecular complexity index is 1060. The third-order valence-electron chi connectivity index (χ3n) is 4.07.